The molecule has 0 aliphatic carbocycles. The highest BCUT2D eigenvalue weighted by atomic mass is 19.1. The van der Waals surface area contributed by atoms with E-state index in [0.29, 0.717) is 18.8 Å². The number of hydrogen-bond donors (Lipinski definition) is 1. The molecule has 98 valence electrons. The average Bonchev–Trinajstić information content (AvgIpc) is 2.66. The fraction of sp³-hybridized carbons (Fsp3) is 0.308. The summed E-state index contributed by atoms with van der Waals surface area (Å²) in [5.74, 6) is -2.03. The number of nitrogens with zero attached hydrogens (tertiary/aromatic N) is 2. The number of Topliss-reactive ketones (excluding diaryl/α,β-unsaturated/α-hetero) is 1. The van der Waals surface area contributed by atoms with Crippen molar-refractivity contribution in [2.45, 2.75) is 13.3 Å². The van der Waals surface area contributed by atoms with E-state index in [9.17, 15) is 14.0 Å². The van der Waals surface area contributed by atoms with Crippen molar-refractivity contribution < 1.29 is 14.0 Å². The Kier molecular flexibility index (Phi) is 3.47. The van der Waals surface area contributed by atoms with Crippen molar-refractivity contribution in [1.82, 2.24) is 0 Å². The maximum absolute atomic E-state index is 14.0. The van der Waals surface area contributed by atoms with E-state index in [2.05, 4.69) is 5.32 Å². The Morgan fingerprint density at radius 2 is 2.16 bits per heavy atom. The number of nitriles is 1. The van der Waals surface area contributed by atoms with Crippen LogP contribution in [-0.2, 0) is 4.79 Å². The number of rotatable bonds is 4. The van der Waals surface area contributed by atoms with Gasteiger partial charge in [0.2, 0.25) is 0 Å². The predicted octanol–water partition coefficient (Wildman–Crippen LogP) is 1.70. The van der Waals surface area contributed by atoms with Gasteiger partial charge in [-0.25, -0.2) is 4.39 Å². The molecule has 1 N–H and O–H groups in total. The summed E-state index contributed by atoms with van der Waals surface area (Å²) in [4.78, 5) is 24.3. The summed E-state index contributed by atoms with van der Waals surface area (Å²) in [5.41, 5.74) is 0.663. The van der Waals surface area contributed by atoms with Crippen LogP contribution in [0.5, 0.6) is 0 Å². The fourth-order valence-electron chi connectivity index (χ4n) is 2.03. The SMILES string of the molecule is CCN(CCC#N)c1cc2c(cc1F)C(=O)C(=O)N2. The van der Waals surface area contributed by atoms with E-state index in [1.54, 1.807) is 4.90 Å². The third-order valence-electron chi connectivity index (χ3n) is 3.00. The van der Waals surface area contributed by atoms with Gasteiger partial charge in [0.15, 0.2) is 0 Å². The maximum Gasteiger partial charge on any atom is 0.296 e. The van der Waals surface area contributed by atoms with Crippen LogP contribution in [0.4, 0.5) is 15.8 Å². The lowest BCUT2D eigenvalue weighted by molar-refractivity contribution is -0.112. The molecule has 0 fully saturated rings. The molecule has 0 radical (unpaired) electrons. The number of carbonyl (C=O) groups excluding carboxylic acids is 2. The summed E-state index contributed by atoms with van der Waals surface area (Å²) in [6, 6.07) is 4.51. The van der Waals surface area contributed by atoms with Gasteiger partial charge in [-0.05, 0) is 19.1 Å². The van der Waals surface area contributed by atoms with E-state index in [-0.39, 0.29) is 17.7 Å². The van der Waals surface area contributed by atoms with Gasteiger partial charge in [-0.1, -0.05) is 0 Å². The standard InChI is InChI=1S/C13H12FN3O2/c1-2-17(5-3-4-15)11-7-10-8(6-9(11)14)12(18)13(19)16-10/h6-7H,2-3,5H2,1H3,(H,16,18,19). The number of anilines is 2. The lowest BCUT2D eigenvalue weighted by Gasteiger charge is -2.22. The lowest BCUT2D eigenvalue weighted by atomic mass is 10.1. The molecule has 2 rings (SSSR count). The van der Waals surface area contributed by atoms with E-state index in [4.69, 9.17) is 5.26 Å². The van der Waals surface area contributed by atoms with Crippen molar-refractivity contribution in [1.29, 1.82) is 5.26 Å². The van der Waals surface area contributed by atoms with Crippen LogP contribution in [0, 0.1) is 17.1 Å². The zero-order valence-electron chi connectivity index (χ0n) is 10.4. The number of amides is 1. The summed E-state index contributed by atoms with van der Waals surface area (Å²) < 4.78 is 14.0. The number of fused-ring (bicyclic) bond motifs is 1. The summed E-state index contributed by atoms with van der Waals surface area (Å²) in [6.07, 6.45) is 0.273. The first-order chi connectivity index (χ1) is 9.08. The smallest absolute Gasteiger partial charge is 0.296 e. The Hall–Kier alpha value is -2.42. The van der Waals surface area contributed by atoms with Gasteiger partial charge in [0.1, 0.15) is 5.82 Å². The molecule has 0 aromatic heterocycles. The highest BCUT2D eigenvalue weighted by Crippen LogP contribution is 2.31. The second kappa shape index (κ2) is 5.06. The molecule has 0 saturated carbocycles. The van der Waals surface area contributed by atoms with Crippen LogP contribution in [0.1, 0.15) is 23.7 Å². The minimum absolute atomic E-state index is 0.0580. The molecule has 1 aliphatic rings. The van der Waals surface area contributed by atoms with Crippen LogP contribution in [0.15, 0.2) is 12.1 Å². The first-order valence-electron chi connectivity index (χ1n) is 5.89. The molecule has 19 heavy (non-hydrogen) atoms. The summed E-state index contributed by atoms with van der Waals surface area (Å²) in [6.45, 7) is 2.76. The monoisotopic (exact) mass is 261 g/mol. The number of nitrogens with one attached hydrogen (secondary N) is 1. The first kappa shape index (κ1) is 13.0. The molecule has 0 unspecified atom stereocenters. The zero-order chi connectivity index (χ0) is 14.0. The van der Waals surface area contributed by atoms with Gasteiger partial charge in [-0.15, -0.1) is 0 Å². The predicted molar refractivity (Wildman–Crippen MR) is 67.5 cm³/mol. The average molecular weight is 261 g/mol. The number of carbonyl (C=O) groups is 2. The van der Waals surface area contributed by atoms with E-state index >= 15 is 0 Å². The van der Waals surface area contributed by atoms with Crippen LogP contribution in [0.3, 0.4) is 0 Å². The highest BCUT2D eigenvalue weighted by molar-refractivity contribution is 6.51. The minimum atomic E-state index is -0.744. The highest BCUT2D eigenvalue weighted by Gasteiger charge is 2.30. The van der Waals surface area contributed by atoms with E-state index in [1.165, 1.54) is 6.07 Å². The molecule has 1 amide bonds. The molecule has 0 spiro atoms. The van der Waals surface area contributed by atoms with E-state index in [1.807, 2.05) is 13.0 Å². The lowest BCUT2D eigenvalue weighted by Crippen LogP contribution is -2.24. The van der Waals surface area contributed by atoms with Crippen LogP contribution in [0.25, 0.3) is 0 Å². The molecule has 1 aliphatic heterocycles. The molecule has 1 aromatic carbocycles. The van der Waals surface area contributed by atoms with Gasteiger partial charge in [-0.2, -0.15) is 5.26 Å². The largest absolute Gasteiger partial charge is 0.368 e. The van der Waals surface area contributed by atoms with E-state index in [0.717, 1.165) is 6.07 Å². The van der Waals surface area contributed by atoms with Gasteiger partial charge in [-0.3, -0.25) is 9.59 Å². The Morgan fingerprint density at radius 3 is 2.79 bits per heavy atom. The van der Waals surface area contributed by atoms with Gasteiger partial charge < -0.3 is 10.2 Å². The van der Waals surface area contributed by atoms with Gasteiger partial charge in [0, 0.05) is 13.1 Å². The number of halogens is 1. The molecule has 0 bridgehead atoms. The molecule has 0 saturated heterocycles. The third-order valence-corrected chi connectivity index (χ3v) is 3.00. The van der Waals surface area contributed by atoms with Crippen LogP contribution >= 0.6 is 0 Å². The fourth-order valence-corrected chi connectivity index (χ4v) is 2.03. The second-order valence-corrected chi connectivity index (χ2v) is 4.12. The van der Waals surface area contributed by atoms with Crippen LogP contribution < -0.4 is 10.2 Å². The molecule has 6 heteroatoms. The Bertz CT molecular complexity index is 592. The molecule has 1 heterocycles. The zero-order valence-corrected chi connectivity index (χ0v) is 10.4. The van der Waals surface area contributed by atoms with Crippen molar-refractivity contribution >= 4 is 23.1 Å². The molecule has 0 atom stereocenters. The van der Waals surface area contributed by atoms with Crippen molar-refractivity contribution in [3.05, 3.63) is 23.5 Å². The van der Waals surface area contributed by atoms with E-state index < -0.39 is 17.5 Å². The summed E-state index contributed by atoms with van der Waals surface area (Å²) >= 11 is 0. The van der Waals surface area contributed by atoms with Gasteiger partial charge >= 0.3 is 0 Å². The number of benzene rings is 1. The second-order valence-electron chi connectivity index (χ2n) is 4.12. The number of hydrogen-bond acceptors (Lipinski definition) is 4. The van der Waals surface area contributed by atoms with Gasteiger partial charge in [0.25, 0.3) is 11.7 Å². The van der Waals surface area contributed by atoms with Crippen molar-refractivity contribution in [3.8, 4) is 6.07 Å². The maximum atomic E-state index is 14.0. The van der Waals surface area contributed by atoms with Crippen molar-refractivity contribution in [2.24, 2.45) is 0 Å². The minimum Gasteiger partial charge on any atom is -0.368 e. The van der Waals surface area contributed by atoms with Gasteiger partial charge in [0.05, 0.1) is 29.4 Å². The molecule has 5 nitrogen and oxygen atoms in total. The Balaban J connectivity index is 2.39. The normalized spacial score (nSPS) is 12.9. The number of ketones is 1. The molecular weight excluding hydrogens is 249 g/mol. The van der Waals surface area contributed by atoms with Crippen LogP contribution in [-0.4, -0.2) is 24.8 Å². The third kappa shape index (κ3) is 2.27. The Morgan fingerprint density at radius 1 is 1.42 bits per heavy atom. The quantitative estimate of drug-likeness (QED) is 0.837. The molecule has 1 aromatic rings. The first-order valence-corrected chi connectivity index (χ1v) is 5.89. The summed E-state index contributed by atoms with van der Waals surface area (Å²) in [7, 11) is 0. The van der Waals surface area contributed by atoms with Crippen molar-refractivity contribution in [2.75, 3.05) is 23.3 Å². The summed E-state index contributed by atoms with van der Waals surface area (Å²) in [5, 5.41) is 11.0. The topological polar surface area (TPSA) is 73.2 Å². The Labute approximate surface area is 109 Å². The van der Waals surface area contributed by atoms with Crippen molar-refractivity contribution in [3.63, 3.8) is 0 Å². The van der Waals surface area contributed by atoms with Crippen LogP contribution in [0.2, 0.25) is 0 Å². The molecular formula is C13H12FN3O2.